The van der Waals surface area contributed by atoms with E-state index in [9.17, 15) is 9.90 Å². The standard InChI is InChI=1S/C15H18N2O3/c1-10-8-13(11(2)20-10)15(3,19)9-17-14(18)12-4-6-16-7-5-12/h4-8,19H,9H2,1-3H3,(H,17,18). The van der Waals surface area contributed by atoms with Crippen molar-refractivity contribution in [2.24, 2.45) is 0 Å². The van der Waals surface area contributed by atoms with E-state index < -0.39 is 5.60 Å². The molecule has 5 nitrogen and oxygen atoms in total. The van der Waals surface area contributed by atoms with Crippen LogP contribution in [-0.4, -0.2) is 22.5 Å². The molecule has 0 aromatic carbocycles. The Balaban J connectivity index is 2.06. The Labute approximate surface area is 117 Å². The Hall–Kier alpha value is -2.14. The fourth-order valence-corrected chi connectivity index (χ4v) is 2.12. The van der Waals surface area contributed by atoms with E-state index in [1.54, 1.807) is 44.4 Å². The van der Waals surface area contributed by atoms with Gasteiger partial charge in [0.2, 0.25) is 0 Å². The number of aryl methyl sites for hydroxylation is 2. The molecule has 1 atom stereocenters. The number of furan rings is 1. The van der Waals surface area contributed by atoms with Crippen molar-refractivity contribution in [1.29, 1.82) is 0 Å². The number of pyridine rings is 1. The summed E-state index contributed by atoms with van der Waals surface area (Å²) >= 11 is 0. The van der Waals surface area contributed by atoms with Crippen LogP contribution in [0.1, 0.15) is 34.4 Å². The third kappa shape index (κ3) is 3.05. The molecular weight excluding hydrogens is 256 g/mol. The summed E-state index contributed by atoms with van der Waals surface area (Å²) in [6.07, 6.45) is 3.10. The van der Waals surface area contributed by atoms with Gasteiger partial charge in [0.15, 0.2) is 0 Å². The Morgan fingerprint density at radius 3 is 2.60 bits per heavy atom. The average molecular weight is 274 g/mol. The Bertz CT molecular complexity index is 603. The van der Waals surface area contributed by atoms with Gasteiger partial charge in [0.1, 0.15) is 17.1 Å². The van der Waals surface area contributed by atoms with Gasteiger partial charge < -0.3 is 14.8 Å². The predicted octanol–water partition coefficient (Wildman–Crippen LogP) is 1.93. The second kappa shape index (κ2) is 5.46. The van der Waals surface area contributed by atoms with Crippen molar-refractivity contribution in [1.82, 2.24) is 10.3 Å². The molecule has 1 amide bonds. The number of carbonyl (C=O) groups excluding carboxylic acids is 1. The van der Waals surface area contributed by atoms with Gasteiger partial charge in [0.05, 0.1) is 6.54 Å². The molecule has 20 heavy (non-hydrogen) atoms. The van der Waals surface area contributed by atoms with Crippen molar-refractivity contribution in [3.63, 3.8) is 0 Å². The number of nitrogens with one attached hydrogen (secondary N) is 1. The summed E-state index contributed by atoms with van der Waals surface area (Å²) in [6, 6.07) is 5.03. The molecule has 0 bridgehead atoms. The summed E-state index contributed by atoms with van der Waals surface area (Å²) in [4.78, 5) is 15.8. The first-order valence-corrected chi connectivity index (χ1v) is 6.38. The van der Waals surface area contributed by atoms with Gasteiger partial charge in [-0.15, -0.1) is 0 Å². The predicted molar refractivity (Wildman–Crippen MR) is 74.3 cm³/mol. The lowest BCUT2D eigenvalue weighted by Gasteiger charge is -2.23. The maximum Gasteiger partial charge on any atom is 0.251 e. The molecule has 0 saturated heterocycles. The summed E-state index contributed by atoms with van der Waals surface area (Å²) < 4.78 is 5.41. The van der Waals surface area contributed by atoms with E-state index in [1.165, 1.54) is 0 Å². The second-order valence-corrected chi connectivity index (χ2v) is 5.02. The van der Waals surface area contributed by atoms with E-state index >= 15 is 0 Å². The van der Waals surface area contributed by atoms with Crippen molar-refractivity contribution in [2.75, 3.05) is 6.54 Å². The van der Waals surface area contributed by atoms with Crippen LogP contribution in [0.4, 0.5) is 0 Å². The average Bonchev–Trinajstić information content (AvgIpc) is 2.77. The van der Waals surface area contributed by atoms with Crippen molar-refractivity contribution >= 4 is 5.91 Å². The third-order valence-corrected chi connectivity index (χ3v) is 3.16. The number of rotatable bonds is 4. The lowest BCUT2D eigenvalue weighted by Crippen LogP contribution is -2.38. The molecule has 0 radical (unpaired) electrons. The molecule has 2 rings (SSSR count). The van der Waals surface area contributed by atoms with Crippen LogP contribution in [-0.2, 0) is 5.60 Å². The van der Waals surface area contributed by atoms with E-state index in [-0.39, 0.29) is 12.5 Å². The molecule has 0 fully saturated rings. The van der Waals surface area contributed by atoms with E-state index in [1.807, 2.05) is 6.92 Å². The number of hydrogen-bond donors (Lipinski definition) is 2. The van der Waals surface area contributed by atoms with E-state index in [2.05, 4.69) is 10.3 Å². The molecule has 2 aromatic heterocycles. The lowest BCUT2D eigenvalue weighted by atomic mass is 9.96. The van der Waals surface area contributed by atoms with Crippen molar-refractivity contribution in [3.8, 4) is 0 Å². The summed E-state index contributed by atoms with van der Waals surface area (Å²) in [6.45, 7) is 5.37. The quantitative estimate of drug-likeness (QED) is 0.893. The van der Waals surface area contributed by atoms with E-state index in [0.717, 1.165) is 5.76 Å². The van der Waals surface area contributed by atoms with Gasteiger partial charge in [-0.2, -0.15) is 0 Å². The van der Waals surface area contributed by atoms with Gasteiger partial charge in [-0.1, -0.05) is 0 Å². The number of nitrogens with zero attached hydrogens (tertiary/aromatic N) is 1. The monoisotopic (exact) mass is 274 g/mol. The first-order valence-electron chi connectivity index (χ1n) is 6.38. The zero-order valence-electron chi connectivity index (χ0n) is 11.8. The van der Waals surface area contributed by atoms with Crippen LogP contribution in [0.5, 0.6) is 0 Å². The SMILES string of the molecule is Cc1cc(C(C)(O)CNC(=O)c2ccncc2)c(C)o1. The third-order valence-electron chi connectivity index (χ3n) is 3.16. The zero-order valence-corrected chi connectivity index (χ0v) is 11.8. The number of amides is 1. The van der Waals surface area contributed by atoms with E-state index in [0.29, 0.717) is 16.9 Å². The van der Waals surface area contributed by atoms with Gasteiger partial charge in [-0.3, -0.25) is 9.78 Å². The van der Waals surface area contributed by atoms with Crippen LogP contribution in [0.25, 0.3) is 0 Å². The minimum atomic E-state index is -1.18. The Kier molecular flexibility index (Phi) is 3.90. The molecule has 106 valence electrons. The number of aliphatic hydroxyl groups is 1. The van der Waals surface area contributed by atoms with Crippen LogP contribution in [0.15, 0.2) is 35.0 Å². The highest BCUT2D eigenvalue weighted by Gasteiger charge is 2.28. The highest BCUT2D eigenvalue weighted by atomic mass is 16.3. The molecule has 2 N–H and O–H groups in total. The summed E-state index contributed by atoms with van der Waals surface area (Å²) in [5.41, 5.74) is 0.0192. The largest absolute Gasteiger partial charge is 0.466 e. The minimum Gasteiger partial charge on any atom is -0.466 e. The minimum absolute atomic E-state index is 0.105. The fraction of sp³-hybridized carbons (Fsp3) is 0.333. The molecule has 0 aliphatic heterocycles. The second-order valence-electron chi connectivity index (χ2n) is 5.02. The van der Waals surface area contributed by atoms with Crippen LogP contribution in [0.3, 0.4) is 0 Å². The topological polar surface area (TPSA) is 75.4 Å². The molecule has 0 spiro atoms. The first-order chi connectivity index (χ1) is 9.40. The molecule has 5 heteroatoms. The molecule has 2 aromatic rings. The highest BCUT2D eigenvalue weighted by molar-refractivity contribution is 5.94. The molecular formula is C15H18N2O3. The van der Waals surface area contributed by atoms with Gasteiger partial charge in [-0.25, -0.2) is 0 Å². The lowest BCUT2D eigenvalue weighted by molar-refractivity contribution is 0.0514. The van der Waals surface area contributed by atoms with Crippen LogP contribution in [0, 0.1) is 13.8 Å². The first kappa shape index (κ1) is 14.3. The van der Waals surface area contributed by atoms with Crippen LogP contribution < -0.4 is 5.32 Å². The van der Waals surface area contributed by atoms with E-state index in [4.69, 9.17) is 4.42 Å². The van der Waals surface area contributed by atoms with Gasteiger partial charge in [-0.05, 0) is 39.0 Å². The summed E-state index contributed by atoms with van der Waals surface area (Å²) in [5.74, 6) is 1.15. The Morgan fingerprint density at radius 2 is 2.05 bits per heavy atom. The smallest absolute Gasteiger partial charge is 0.251 e. The number of hydrogen-bond acceptors (Lipinski definition) is 4. The molecule has 0 saturated carbocycles. The highest BCUT2D eigenvalue weighted by Crippen LogP contribution is 2.26. The Morgan fingerprint density at radius 1 is 1.40 bits per heavy atom. The van der Waals surface area contributed by atoms with Crippen LogP contribution >= 0.6 is 0 Å². The van der Waals surface area contributed by atoms with Crippen molar-refractivity contribution in [2.45, 2.75) is 26.4 Å². The van der Waals surface area contributed by atoms with Gasteiger partial charge >= 0.3 is 0 Å². The normalized spacial score (nSPS) is 13.8. The maximum atomic E-state index is 11.9. The van der Waals surface area contributed by atoms with Crippen LogP contribution in [0.2, 0.25) is 0 Å². The number of aromatic nitrogens is 1. The fourth-order valence-electron chi connectivity index (χ4n) is 2.12. The molecule has 1 unspecified atom stereocenters. The number of carbonyl (C=O) groups is 1. The summed E-state index contributed by atoms with van der Waals surface area (Å²) in [7, 11) is 0. The van der Waals surface area contributed by atoms with Crippen molar-refractivity contribution < 1.29 is 14.3 Å². The molecule has 0 aliphatic carbocycles. The zero-order chi connectivity index (χ0) is 14.8. The van der Waals surface area contributed by atoms with Gasteiger partial charge in [0, 0.05) is 23.5 Å². The van der Waals surface area contributed by atoms with Gasteiger partial charge in [0.25, 0.3) is 5.91 Å². The maximum absolute atomic E-state index is 11.9. The molecule has 0 aliphatic rings. The van der Waals surface area contributed by atoms with Crippen molar-refractivity contribution in [3.05, 3.63) is 53.2 Å². The summed E-state index contributed by atoms with van der Waals surface area (Å²) in [5, 5.41) is 13.2. The molecule has 2 heterocycles.